The molecule has 1 unspecified atom stereocenters. The van der Waals surface area contributed by atoms with E-state index in [1.165, 1.54) is 21.2 Å². The van der Waals surface area contributed by atoms with E-state index in [4.69, 9.17) is 0 Å². The molecule has 0 aliphatic carbocycles. The smallest absolute Gasteiger partial charge is 0.343 e. The fraction of sp³-hybridized carbons (Fsp3) is 0.526. The highest BCUT2D eigenvalue weighted by molar-refractivity contribution is 7.20. The van der Waals surface area contributed by atoms with Crippen molar-refractivity contribution in [1.82, 2.24) is 9.88 Å². The van der Waals surface area contributed by atoms with Gasteiger partial charge in [-0.3, -0.25) is 9.79 Å². The van der Waals surface area contributed by atoms with Gasteiger partial charge in [-0.15, -0.1) is 0 Å². The molecule has 1 rings (SSSR count). The van der Waals surface area contributed by atoms with E-state index in [0.717, 1.165) is 12.5 Å². The minimum Gasteiger partial charge on any atom is -0.343 e. The number of aliphatic imine (C=N–C) groups is 1. The van der Waals surface area contributed by atoms with E-state index in [9.17, 15) is 26.7 Å². The number of carbonyl (C=O) groups is 1. The number of carbonyl (C=O) groups excluding carboxylic acids is 1. The first-order valence-electron chi connectivity index (χ1n) is 8.78. The van der Waals surface area contributed by atoms with Crippen molar-refractivity contribution in [3.63, 3.8) is 0 Å². The lowest BCUT2D eigenvalue weighted by molar-refractivity contribution is -0.130. The summed E-state index contributed by atoms with van der Waals surface area (Å²) in [5.74, 6) is -0.178. The Balaban J connectivity index is 0.00000113. The highest BCUT2D eigenvalue weighted by atomic mass is 31.0. The lowest BCUT2D eigenvalue weighted by atomic mass is 10.1. The molecule has 0 spiro atoms. The minimum absolute atomic E-state index is 0.156. The second-order valence-electron chi connectivity index (χ2n) is 6.30. The third-order valence-electron chi connectivity index (χ3n) is 3.67. The van der Waals surface area contributed by atoms with Gasteiger partial charge in [0.1, 0.15) is 5.69 Å². The summed E-state index contributed by atoms with van der Waals surface area (Å²) in [6.07, 6.45) is -2.27. The molecule has 4 nitrogen and oxygen atoms in total. The lowest BCUT2D eigenvalue weighted by Gasteiger charge is -2.12. The third-order valence-corrected chi connectivity index (χ3v) is 4.00. The Labute approximate surface area is 170 Å². The summed E-state index contributed by atoms with van der Waals surface area (Å²) in [5.41, 5.74) is -1.29. The molecule has 0 aliphatic heterocycles. The SMILES string of the molecule is CCC(F)(F)F.CN=C(CC/C=C(\C)c1cccc(C(=O)N(C)C)n1)C(F)(F)P. The van der Waals surface area contributed by atoms with Crippen LogP contribution >= 0.6 is 9.24 Å². The van der Waals surface area contributed by atoms with Gasteiger partial charge in [-0.25, -0.2) is 4.98 Å². The van der Waals surface area contributed by atoms with E-state index in [1.807, 2.05) is 13.0 Å². The molecule has 0 aromatic carbocycles. The van der Waals surface area contributed by atoms with Crippen LogP contribution in [0.25, 0.3) is 5.57 Å². The normalized spacial score (nSPS) is 12.9. The summed E-state index contributed by atoms with van der Waals surface area (Å²) >= 11 is 0. The maximum Gasteiger partial charge on any atom is 0.388 e. The van der Waals surface area contributed by atoms with Gasteiger partial charge in [-0.05, 0) is 37.5 Å². The molecule has 1 aromatic rings. The number of nitrogens with zero attached hydrogens (tertiary/aromatic N) is 3. The van der Waals surface area contributed by atoms with Gasteiger partial charge in [0, 0.05) is 27.6 Å². The zero-order chi connectivity index (χ0) is 22.8. The molecule has 164 valence electrons. The average molecular weight is 439 g/mol. The first-order valence-corrected chi connectivity index (χ1v) is 9.36. The van der Waals surface area contributed by atoms with E-state index in [0.29, 0.717) is 17.8 Å². The Morgan fingerprint density at radius 2 is 1.72 bits per heavy atom. The van der Waals surface area contributed by atoms with E-state index >= 15 is 0 Å². The van der Waals surface area contributed by atoms with Crippen molar-refractivity contribution in [3.05, 3.63) is 35.7 Å². The molecular formula is C19H27F5N3OP. The van der Waals surface area contributed by atoms with Crippen LogP contribution < -0.4 is 0 Å². The van der Waals surface area contributed by atoms with E-state index in [1.54, 1.807) is 32.3 Å². The summed E-state index contributed by atoms with van der Waals surface area (Å²) in [6, 6.07) is 5.19. The topological polar surface area (TPSA) is 45.6 Å². The van der Waals surface area contributed by atoms with Crippen LogP contribution in [0.15, 0.2) is 29.3 Å². The van der Waals surface area contributed by atoms with Crippen molar-refractivity contribution in [1.29, 1.82) is 0 Å². The van der Waals surface area contributed by atoms with Crippen LogP contribution in [-0.2, 0) is 0 Å². The third kappa shape index (κ3) is 11.0. The fourth-order valence-electron chi connectivity index (χ4n) is 1.96. The average Bonchev–Trinajstić information content (AvgIpc) is 2.63. The Hall–Kier alpha value is -1.89. The van der Waals surface area contributed by atoms with E-state index < -0.39 is 18.3 Å². The van der Waals surface area contributed by atoms with Crippen molar-refractivity contribution in [2.24, 2.45) is 4.99 Å². The van der Waals surface area contributed by atoms with Crippen LogP contribution in [0, 0.1) is 0 Å². The van der Waals surface area contributed by atoms with Crippen molar-refractivity contribution >= 4 is 26.4 Å². The van der Waals surface area contributed by atoms with Crippen LogP contribution in [-0.4, -0.2) is 54.5 Å². The number of allylic oxidation sites excluding steroid dienone is 2. The second kappa shape index (κ2) is 12.0. The summed E-state index contributed by atoms with van der Waals surface area (Å²) < 4.78 is 58.8. The van der Waals surface area contributed by atoms with Gasteiger partial charge in [-0.1, -0.05) is 28.3 Å². The number of hydrogen-bond acceptors (Lipinski definition) is 3. The standard InChI is InChI=1S/C16H22F2N3OP.C3H5F3/c1-11(7-5-10-14(19-2)16(17,18)23)12-8-6-9-13(20-12)15(22)21(3)4;1-2-3(4,5)6/h6-9H,5,10,23H2,1-4H3;2H2,1H3/b11-7+,19-14?;. The van der Waals surface area contributed by atoms with Gasteiger partial charge in [0.25, 0.3) is 11.6 Å². The molecular weight excluding hydrogens is 412 g/mol. The number of alkyl halides is 5. The van der Waals surface area contributed by atoms with Crippen molar-refractivity contribution in [2.45, 2.75) is 44.9 Å². The van der Waals surface area contributed by atoms with Gasteiger partial charge >= 0.3 is 6.18 Å². The highest BCUT2D eigenvalue weighted by Crippen LogP contribution is 2.26. The van der Waals surface area contributed by atoms with E-state index in [-0.39, 0.29) is 18.0 Å². The minimum atomic E-state index is -3.96. The van der Waals surface area contributed by atoms with Crippen LogP contribution in [0.2, 0.25) is 0 Å². The number of amides is 1. The predicted octanol–water partition coefficient (Wildman–Crippen LogP) is 5.46. The molecule has 0 N–H and O–H groups in total. The van der Waals surface area contributed by atoms with Crippen molar-refractivity contribution in [3.8, 4) is 0 Å². The lowest BCUT2D eigenvalue weighted by Crippen LogP contribution is -2.22. The molecule has 0 saturated heterocycles. The predicted molar refractivity (Wildman–Crippen MR) is 110 cm³/mol. The van der Waals surface area contributed by atoms with Crippen molar-refractivity contribution < 1.29 is 26.7 Å². The van der Waals surface area contributed by atoms with Crippen LogP contribution in [0.4, 0.5) is 22.0 Å². The fourth-order valence-corrected chi connectivity index (χ4v) is 2.23. The summed E-state index contributed by atoms with van der Waals surface area (Å²) in [6.45, 7) is 2.92. The quantitative estimate of drug-likeness (QED) is 0.336. The maximum atomic E-state index is 13.2. The molecule has 10 heteroatoms. The number of pyridine rings is 1. The molecule has 0 bridgehead atoms. The first kappa shape index (κ1) is 27.1. The number of aromatic nitrogens is 1. The molecule has 29 heavy (non-hydrogen) atoms. The zero-order valence-corrected chi connectivity index (χ0v) is 18.3. The molecule has 0 aliphatic rings. The number of hydrogen-bond donors (Lipinski definition) is 0. The Bertz CT molecular complexity index is 725. The Kier molecular flexibility index (Phi) is 11.2. The zero-order valence-electron chi connectivity index (χ0n) is 17.1. The molecule has 1 heterocycles. The van der Waals surface area contributed by atoms with Gasteiger partial charge < -0.3 is 4.90 Å². The summed E-state index contributed by atoms with van der Waals surface area (Å²) in [7, 11) is 6.19. The molecule has 0 fully saturated rings. The molecule has 0 radical (unpaired) electrons. The Morgan fingerprint density at radius 1 is 1.21 bits per heavy atom. The van der Waals surface area contributed by atoms with Gasteiger partial charge in [-0.2, -0.15) is 22.0 Å². The largest absolute Gasteiger partial charge is 0.388 e. The van der Waals surface area contributed by atoms with Crippen LogP contribution in [0.1, 0.15) is 49.3 Å². The van der Waals surface area contributed by atoms with E-state index in [2.05, 4.69) is 9.98 Å². The summed E-state index contributed by atoms with van der Waals surface area (Å²) in [5, 5.41) is 0. The van der Waals surface area contributed by atoms with Crippen molar-refractivity contribution in [2.75, 3.05) is 21.1 Å². The monoisotopic (exact) mass is 439 g/mol. The van der Waals surface area contributed by atoms with Crippen LogP contribution in [0.3, 0.4) is 0 Å². The molecule has 1 aromatic heterocycles. The summed E-state index contributed by atoms with van der Waals surface area (Å²) in [4.78, 5) is 21.3. The first-order chi connectivity index (χ1) is 13.2. The number of rotatable bonds is 6. The van der Waals surface area contributed by atoms with Gasteiger partial charge in [0.2, 0.25) is 0 Å². The molecule has 1 amide bonds. The van der Waals surface area contributed by atoms with Crippen LogP contribution in [0.5, 0.6) is 0 Å². The maximum absolute atomic E-state index is 13.2. The van der Waals surface area contributed by atoms with Gasteiger partial charge in [0.05, 0.1) is 11.4 Å². The number of halogens is 5. The second-order valence-corrected chi connectivity index (χ2v) is 7.02. The van der Waals surface area contributed by atoms with Gasteiger partial charge in [0.15, 0.2) is 0 Å². The Morgan fingerprint density at radius 3 is 2.14 bits per heavy atom. The molecule has 0 saturated carbocycles. The highest BCUT2D eigenvalue weighted by Gasteiger charge is 2.28. The molecule has 1 atom stereocenters.